The molecule has 1 atom stereocenters. The molecular formula is C28H38N4O5. The molecule has 9 nitrogen and oxygen atoms in total. The second-order valence-electron chi connectivity index (χ2n) is 9.55. The Kier molecular flexibility index (Phi) is 9.49. The van der Waals surface area contributed by atoms with Gasteiger partial charge in [-0.3, -0.25) is 5.32 Å². The molecule has 3 N–H and O–H groups in total. The lowest BCUT2D eigenvalue weighted by molar-refractivity contribution is 0.101. The van der Waals surface area contributed by atoms with Crippen molar-refractivity contribution in [1.82, 2.24) is 20.4 Å². The second kappa shape index (κ2) is 13.0. The highest BCUT2D eigenvalue weighted by molar-refractivity contribution is 5.64. The van der Waals surface area contributed by atoms with Gasteiger partial charge in [0.1, 0.15) is 12.0 Å². The van der Waals surface area contributed by atoms with Crippen LogP contribution in [0.1, 0.15) is 68.2 Å². The zero-order valence-corrected chi connectivity index (χ0v) is 22.0. The summed E-state index contributed by atoms with van der Waals surface area (Å²) >= 11 is 0. The van der Waals surface area contributed by atoms with Crippen LogP contribution in [-0.4, -0.2) is 58.4 Å². The second-order valence-corrected chi connectivity index (χ2v) is 9.55. The van der Waals surface area contributed by atoms with Crippen molar-refractivity contribution < 1.29 is 24.2 Å². The molecule has 0 saturated heterocycles. The minimum absolute atomic E-state index is 0.0454. The summed E-state index contributed by atoms with van der Waals surface area (Å²) in [6, 6.07) is 7.96. The summed E-state index contributed by atoms with van der Waals surface area (Å²) in [6.45, 7) is 5.19. The summed E-state index contributed by atoms with van der Waals surface area (Å²) in [7, 11) is 1.62. The lowest BCUT2D eigenvalue weighted by Crippen LogP contribution is -2.31. The molecule has 1 aromatic carbocycles. The summed E-state index contributed by atoms with van der Waals surface area (Å²) in [4.78, 5) is 9.38. The van der Waals surface area contributed by atoms with Crippen molar-refractivity contribution in [3.05, 3.63) is 41.1 Å². The van der Waals surface area contributed by atoms with E-state index in [9.17, 15) is 5.11 Å². The number of hydrogen-bond donors (Lipinski definition) is 3. The number of pyridine rings is 1. The normalized spacial score (nSPS) is 14.7. The maximum Gasteiger partial charge on any atom is 0.258 e. The molecule has 0 aliphatic heterocycles. The Balaban J connectivity index is 1.48. The zero-order valence-electron chi connectivity index (χ0n) is 22.0. The zero-order chi connectivity index (χ0) is 26.2. The van der Waals surface area contributed by atoms with E-state index in [0.717, 1.165) is 59.4 Å². The van der Waals surface area contributed by atoms with Gasteiger partial charge in [-0.05, 0) is 61.9 Å². The molecule has 1 saturated carbocycles. The van der Waals surface area contributed by atoms with Gasteiger partial charge in [0, 0.05) is 48.4 Å². The van der Waals surface area contributed by atoms with E-state index in [2.05, 4.69) is 28.4 Å². The SMILES string of the molecule is CCc1cc(-c2noc(-c3cc(OC)nc(C4CCCC4)c3)n2)cc(C)c1OCCCNC(O)CCO. The van der Waals surface area contributed by atoms with E-state index in [1.54, 1.807) is 7.11 Å². The Bertz CT molecular complexity index is 1160. The number of aryl methyl sites for hydroxylation is 2. The number of ether oxygens (including phenoxy) is 2. The van der Waals surface area contributed by atoms with Gasteiger partial charge in [-0.15, -0.1) is 0 Å². The Hall–Kier alpha value is -3.01. The average Bonchev–Trinajstić information content (AvgIpc) is 3.62. The van der Waals surface area contributed by atoms with E-state index in [0.29, 0.717) is 43.1 Å². The molecular weight excluding hydrogens is 472 g/mol. The third-order valence-corrected chi connectivity index (χ3v) is 6.82. The summed E-state index contributed by atoms with van der Waals surface area (Å²) in [5.74, 6) is 2.84. The summed E-state index contributed by atoms with van der Waals surface area (Å²) in [5.41, 5.74) is 4.79. The number of rotatable bonds is 13. The summed E-state index contributed by atoms with van der Waals surface area (Å²) < 4.78 is 17.2. The first-order valence-electron chi connectivity index (χ1n) is 13.2. The van der Waals surface area contributed by atoms with Crippen molar-refractivity contribution in [2.45, 2.75) is 70.9 Å². The minimum atomic E-state index is -0.695. The first-order valence-corrected chi connectivity index (χ1v) is 13.2. The van der Waals surface area contributed by atoms with Gasteiger partial charge in [-0.2, -0.15) is 4.98 Å². The van der Waals surface area contributed by atoms with Gasteiger partial charge in [-0.25, -0.2) is 4.98 Å². The highest BCUT2D eigenvalue weighted by Gasteiger charge is 2.22. The molecule has 0 amide bonds. The first-order chi connectivity index (χ1) is 18.0. The Morgan fingerprint density at radius 2 is 1.95 bits per heavy atom. The molecule has 200 valence electrons. The monoisotopic (exact) mass is 510 g/mol. The third-order valence-electron chi connectivity index (χ3n) is 6.82. The van der Waals surface area contributed by atoms with Gasteiger partial charge in [0.25, 0.3) is 5.89 Å². The molecule has 37 heavy (non-hydrogen) atoms. The van der Waals surface area contributed by atoms with Crippen LogP contribution in [0, 0.1) is 6.92 Å². The fraction of sp³-hybridized carbons (Fsp3) is 0.536. The minimum Gasteiger partial charge on any atom is -0.493 e. The molecule has 2 aromatic heterocycles. The molecule has 1 unspecified atom stereocenters. The van der Waals surface area contributed by atoms with Crippen LogP contribution in [0.2, 0.25) is 0 Å². The number of aliphatic hydroxyl groups is 2. The molecule has 9 heteroatoms. The van der Waals surface area contributed by atoms with Gasteiger partial charge in [0.05, 0.1) is 13.7 Å². The van der Waals surface area contributed by atoms with Crippen LogP contribution in [0.15, 0.2) is 28.8 Å². The van der Waals surface area contributed by atoms with Crippen molar-refractivity contribution >= 4 is 0 Å². The number of nitrogens with one attached hydrogen (secondary N) is 1. The molecule has 0 bridgehead atoms. The Morgan fingerprint density at radius 3 is 2.68 bits per heavy atom. The quantitative estimate of drug-likeness (QED) is 0.227. The van der Waals surface area contributed by atoms with Crippen LogP contribution < -0.4 is 14.8 Å². The number of hydrogen-bond acceptors (Lipinski definition) is 9. The topological polar surface area (TPSA) is 123 Å². The lowest BCUT2D eigenvalue weighted by Gasteiger charge is -2.15. The van der Waals surface area contributed by atoms with Crippen LogP contribution >= 0.6 is 0 Å². The van der Waals surface area contributed by atoms with Crippen LogP contribution in [0.4, 0.5) is 0 Å². The van der Waals surface area contributed by atoms with E-state index < -0.39 is 6.23 Å². The van der Waals surface area contributed by atoms with Gasteiger partial charge in [0.15, 0.2) is 0 Å². The van der Waals surface area contributed by atoms with E-state index in [1.165, 1.54) is 12.8 Å². The number of nitrogens with zero attached hydrogens (tertiary/aromatic N) is 3. The Morgan fingerprint density at radius 1 is 1.14 bits per heavy atom. The summed E-state index contributed by atoms with van der Waals surface area (Å²) in [5, 5.41) is 25.8. The van der Waals surface area contributed by atoms with Crippen molar-refractivity contribution in [2.75, 3.05) is 26.9 Å². The smallest absolute Gasteiger partial charge is 0.258 e. The lowest BCUT2D eigenvalue weighted by atomic mass is 10.0. The number of benzene rings is 1. The first kappa shape index (κ1) is 27.0. The molecule has 3 aromatic rings. The third kappa shape index (κ3) is 6.85. The largest absolute Gasteiger partial charge is 0.493 e. The molecule has 2 heterocycles. The van der Waals surface area contributed by atoms with Crippen molar-refractivity contribution in [2.24, 2.45) is 0 Å². The van der Waals surface area contributed by atoms with Gasteiger partial charge in [0.2, 0.25) is 11.7 Å². The predicted molar refractivity (Wildman–Crippen MR) is 141 cm³/mol. The fourth-order valence-corrected chi connectivity index (χ4v) is 4.83. The number of aromatic nitrogens is 3. The highest BCUT2D eigenvalue weighted by atomic mass is 16.5. The van der Waals surface area contributed by atoms with E-state index >= 15 is 0 Å². The van der Waals surface area contributed by atoms with Crippen LogP contribution in [0.25, 0.3) is 22.8 Å². The number of aliphatic hydroxyl groups excluding tert-OH is 2. The van der Waals surface area contributed by atoms with Crippen LogP contribution in [-0.2, 0) is 6.42 Å². The molecule has 0 spiro atoms. The van der Waals surface area contributed by atoms with Crippen molar-refractivity contribution in [3.63, 3.8) is 0 Å². The van der Waals surface area contributed by atoms with Gasteiger partial charge < -0.3 is 24.2 Å². The van der Waals surface area contributed by atoms with Crippen molar-refractivity contribution in [1.29, 1.82) is 0 Å². The average molecular weight is 511 g/mol. The van der Waals surface area contributed by atoms with E-state index in [1.807, 2.05) is 25.1 Å². The fourth-order valence-electron chi connectivity index (χ4n) is 4.83. The molecule has 1 aliphatic rings. The van der Waals surface area contributed by atoms with Crippen LogP contribution in [0.3, 0.4) is 0 Å². The standard InChI is InChI=1S/C28H38N4O5/c1-4-19-15-21(14-18(2)26(19)36-13-7-11-29-24(34)10-12-33)27-31-28(37-32-27)22-16-23(20-8-5-6-9-20)30-25(17-22)35-3/h14-17,20,24,29,33-34H,4-13H2,1-3H3. The molecule has 4 rings (SSSR count). The van der Waals surface area contributed by atoms with Crippen molar-refractivity contribution in [3.8, 4) is 34.5 Å². The predicted octanol–water partition coefficient (Wildman–Crippen LogP) is 4.39. The Labute approximate surface area is 218 Å². The van der Waals surface area contributed by atoms with Gasteiger partial charge >= 0.3 is 0 Å². The molecule has 0 radical (unpaired) electrons. The number of methoxy groups -OCH3 is 1. The van der Waals surface area contributed by atoms with E-state index in [-0.39, 0.29) is 6.61 Å². The maximum atomic E-state index is 9.65. The summed E-state index contributed by atoms with van der Waals surface area (Å²) in [6.07, 6.45) is 5.90. The van der Waals surface area contributed by atoms with Gasteiger partial charge in [-0.1, -0.05) is 24.9 Å². The molecule has 1 fully saturated rings. The highest BCUT2D eigenvalue weighted by Crippen LogP contribution is 2.36. The van der Waals surface area contributed by atoms with E-state index in [4.69, 9.17) is 24.1 Å². The van der Waals surface area contributed by atoms with Crippen LogP contribution in [0.5, 0.6) is 11.6 Å². The molecule has 1 aliphatic carbocycles. The maximum absolute atomic E-state index is 9.65.